The van der Waals surface area contributed by atoms with Gasteiger partial charge in [-0.2, -0.15) is 0 Å². The molecule has 0 aliphatic heterocycles. The van der Waals surface area contributed by atoms with Crippen molar-refractivity contribution in [1.29, 1.82) is 0 Å². The number of hydrogen-bond acceptors (Lipinski definition) is 6. The van der Waals surface area contributed by atoms with Crippen LogP contribution in [0.3, 0.4) is 0 Å². The van der Waals surface area contributed by atoms with Gasteiger partial charge in [0.25, 0.3) is 11.5 Å². The zero-order valence-electron chi connectivity index (χ0n) is 10.1. The second kappa shape index (κ2) is 5.47. The normalized spacial score (nSPS) is 11.2. The molecule has 0 atom stereocenters. The van der Waals surface area contributed by atoms with E-state index in [0.717, 1.165) is 11.3 Å². The lowest BCUT2D eigenvalue weighted by Gasteiger charge is -2.12. The zero-order valence-corrected chi connectivity index (χ0v) is 11.0. The molecule has 0 saturated carbocycles. The van der Waals surface area contributed by atoms with Gasteiger partial charge in [0.1, 0.15) is 4.83 Å². The second-order valence-electron chi connectivity index (χ2n) is 4.00. The summed E-state index contributed by atoms with van der Waals surface area (Å²) in [7, 11) is 0. The standard InChI is InChI=1S/C11H13N3O4S/c1-5-7-9(17)12-4-13-11(7)19-8(5)10(18)14-6(2-15)3-16/h4,6,15-16H,2-3H2,1H3,(H,14,18)(H,12,13,17). The number of aliphatic hydroxyl groups is 2. The van der Waals surface area contributed by atoms with E-state index in [2.05, 4.69) is 15.3 Å². The predicted octanol–water partition coefficient (Wildman–Crippen LogP) is -0.624. The number of fused-ring (bicyclic) bond motifs is 1. The van der Waals surface area contributed by atoms with Crippen LogP contribution in [0.2, 0.25) is 0 Å². The van der Waals surface area contributed by atoms with Crippen LogP contribution in [-0.4, -0.2) is 45.3 Å². The summed E-state index contributed by atoms with van der Waals surface area (Å²) in [5.41, 5.74) is 0.250. The Morgan fingerprint density at radius 3 is 2.79 bits per heavy atom. The van der Waals surface area contributed by atoms with Crippen LogP contribution in [0.5, 0.6) is 0 Å². The van der Waals surface area contributed by atoms with Crippen LogP contribution in [0.4, 0.5) is 0 Å². The van der Waals surface area contributed by atoms with Gasteiger partial charge in [0.05, 0.1) is 35.8 Å². The highest BCUT2D eigenvalue weighted by atomic mass is 32.1. The van der Waals surface area contributed by atoms with Crippen molar-refractivity contribution in [3.63, 3.8) is 0 Å². The number of thiophene rings is 1. The Balaban J connectivity index is 2.41. The molecule has 0 aliphatic rings. The Kier molecular flexibility index (Phi) is 3.93. The molecule has 0 spiro atoms. The quantitative estimate of drug-likeness (QED) is 0.596. The van der Waals surface area contributed by atoms with E-state index >= 15 is 0 Å². The number of aliphatic hydroxyl groups excluding tert-OH is 2. The third kappa shape index (κ3) is 2.50. The van der Waals surface area contributed by atoms with E-state index in [1.807, 2.05) is 0 Å². The minimum Gasteiger partial charge on any atom is -0.394 e. The Bertz CT molecular complexity index is 659. The third-order valence-corrected chi connectivity index (χ3v) is 3.91. The molecule has 2 aromatic rings. The van der Waals surface area contributed by atoms with E-state index in [1.165, 1.54) is 6.33 Å². The molecule has 0 fully saturated rings. The van der Waals surface area contributed by atoms with Crippen LogP contribution in [0.15, 0.2) is 11.1 Å². The molecule has 0 bridgehead atoms. The third-order valence-electron chi connectivity index (χ3n) is 2.71. The van der Waals surface area contributed by atoms with Crippen LogP contribution in [0.1, 0.15) is 15.2 Å². The Labute approximate surface area is 111 Å². The highest BCUT2D eigenvalue weighted by Gasteiger charge is 2.20. The van der Waals surface area contributed by atoms with Crippen molar-refractivity contribution in [3.8, 4) is 0 Å². The fourth-order valence-corrected chi connectivity index (χ4v) is 2.75. The smallest absolute Gasteiger partial charge is 0.262 e. The first kappa shape index (κ1) is 13.7. The van der Waals surface area contributed by atoms with Crippen molar-refractivity contribution in [3.05, 3.63) is 27.1 Å². The first-order valence-corrected chi connectivity index (χ1v) is 6.39. The molecular formula is C11H13N3O4S. The van der Waals surface area contributed by atoms with Gasteiger partial charge in [-0.1, -0.05) is 0 Å². The number of hydrogen-bond donors (Lipinski definition) is 4. The van der Waals surface area contributed by atoms with Gasteiger partial charge >= 0.3 is 0 Å². The summed E-state index contributed by atoms with van der Waals surface area (Å²) in [6.45, 7) is 0.952. The molecule has 19 heavy (non-hydrogen) atoms. The monoisotopic (exact) mass is 283 g/mol. The highest BCUT2D eigenvalue weighted by Crippen LogP contribution is 2.26. The SMILES string of the molecule is Cc1c(C(=O)NC(CO)CO)sc2nc[nH]c(=O)c12. The number of H-pyrrole nitrogens is 1. The van der Waals surface area contributed by atoms with Crippen LogP contribution in [0.25, 0.3) is 10.2 Å². The Hall–Kier alpha value is -1.77. The second-order valence-corrected chi connectivity index (χ2v) is 5.00. The lowest BCUT2D eigenvalue weighted by atomic mass is 10.2. The number of nitrogens with zero attached hydrogens (tertiary/aromatic N) is 1. The molecule has 102 valence electrons. The summed E-state index contributed by atoms with van der Waals surface area (Å²) >= 11 is 1.10. The van der Waals surface area contributed by atoms with Gasteiger partial charge in [0, 0.05) is 0 Å². The summed E-state index contributed by atoms with van der Waals surface area (Å²) < 4.78 is 0. The average molecular weight is 283 g/mol. The van der Waals surface area contributed by atoms with E-state index < -0.39 is 11.9 Å². The number of rotatable bonds is 4. The van der Waals surface area contributed by atoms with Crippen molar-refractivity contribution in [2.45, 2.75) is 13.0 Å². The number of amides is 1. The lowest BCUT2D eigenvalue weighted by molar-refractivity contribution is 0.0883. The first-order chi connectivity index (χ1) is 9.08. The van der Waals surface area contributed by atoms with Gasteiger partial charge < -0.3 is 20.5 Å². The van der Waals surface area contributed by atoms with Crippen LogP contribution < -0.4 is 10.9 Å². The molecule has 2 rings (SSSR count). The molecule has 4 N–H and O–H groups in total. The molecule has 0 aromatic carbocycles. The first-order valence-electron chi connectivity index (χ1n) is 5.57. The van der Waals surface area contributed by atoms with Gasteiger partial charge in [-0.25, -0.2) is 4.98 Å². The fraction of sp³-hybridized carbons (Fsp3) is 0.364. The number of carbonyl (C=O) groups excluding carboxylic acids is 1. The van der Waals surface area contributed by atoms with Crippen molar-refractivity contribution < 1.29 is 15.0 Å². The lowest BCUT2D eigenvalue weighted by Crippen LogP contribution is -2.40. The van der Waals surface area contributed by atoms with Crippen LogP contribution >= 0.6 is 11.3 Å². The number of nitrogens with one attached hydrogen (secondary N) is 2. The van der Waals surface area contributed by atoms with Crippen molar-refractivity contribution in [1.82, 2.24) is 15.3 Å². The van der Waals surface area contributed by atoms with E-state index in [0.29, 0.717) is 20.7 Å². The molecule has 7 nitrogen and oxygen atoms in total. The van der Waals surface area contributed by atoms with Gasteiger partial charge in [-0.05, 0) is 12.5 Å². The molecule has 0 unspecified atom stereocenters. The summed E-state index contributed by atoms with van der Waals surface area (Å²) in [4.78, 5) is 31.0. The molecule has 2 heterocycles. The number of carbonyl (C=O) groups is 1. The molecule has 0 aliphatic carbocycles. The molecule has 0 radical (unpaired) electrons. The molecule has 0 saturated heterocycles. The minimum absolute atomic E-state index is 0.293. The van der Waals surface area contributed by atoms with E-state index in [-0.39, 0.29) is 18.8 Å². The molecule has 1 amide bonds. The zero-order chi connectivity index (χ0) is 14.0. The van der Waals surface area contributed by atoms with Crippen LogP contribution in [0, 0.1) is 6.92 Å². The maximum absolute atomic E-state index is 12.0. The maximum atomic E-state index is 12.0. The van der Waals surface area contributed by atoms with Crippen LogP contribution in [-0.2, 0) is 0 Å². The number of aryl methyl sites for hydroxylation is 1. The summed E-state index contributed by atoms with van der Waals surface area (Å²) in [5, 5.41) is 20.7. The topological polar surface area (TPSA) is 115 Å². The van der Waals surface area contributed by atoms with E-state index in [1.54, 1.807) is 6.92 Å². The molecule has 2 aromatic heterocycles. The largest absolute Gasteiger partial charge is 0.394 e. The van der Waals surface area contributed by atoms with Gasteiger partial charge in [0.2, 0.25) is 0 Å². The van der Waals surface area contributed by atoms with Crippen molar-refractivity contribution in [2.24, 2.45) is 0 Å². The van der Waals surface area contributed by atoms with Gasteiger partial charge in [0.15, 0.2) is 0 Å². The van der Waals surface area contributed by atoms with Gasteiger partial charge in [-0.15, -0.1) is 11.3 Å². The average Bonchev–Trinajstić information content (AvgIpc) is 2.74. The fourth-order valence-electron chi connectivity index (χ4n) is 1.69. The van der Waals surface area contributed by atoms with E-state index in [4.69, 9.17) is 10.2 Å². The van der Waals surface area contributed by atoms with Crippen molar-refractivity contribution >= 4 is 27.5 Å². The predicted molar refractivity (Wildman–Crippen MR) is 70.4 cm³/mol. The summed E-state index contributed by atoms with van der Waals surface area (Å²) in [5.74, 6) is -0.437. The van der Waals surface area contributed by atoms with Gasteiger partial charge in [-0.3, -0.25) is 9.59 Å². The van der Waals surface area contributed by atoms with E-state index in [9.17, 15) is 9.59 Å². The number of aromatic nitrogens is 2. The molecule has 8 heteroatoms. The highest BCUT2D eigenvalue weighted by molar-refractivity contribution is 7.20. The Morgan fingerprint density at radius 2 is 2.21 bits per heavy atom. The summed E-state index contributed by atoms with van der Waals surface area (Å²) in [6.07, 6.45) is 1.28. The maximum Gasteiger partial charge on any atom is 0.262 e. The minimum atomic E-state index is -0.719. The Morgan fingerprint density at radius 1 is 1.53 bits per heavy atom. The molecular weight excluding hydrogens is 270 g/mol. The number of aromatic amines is 1. The van der Waals surface area contributed by atoms with Crippen molar-refractivity contribution in [2.75, 3.05) is 13.2 Å². The summed E-state index contributed by atoms with van der Waals surface area (Å²) in [6, 6.07) is -0.719.